The van der Waals surface area contributed by atoms with Crippen molar-refractivity contribution >= 4 is 23.3 Å². The van der Waals surface area contributed by atoms with Crippen molar-refractivity contribution in [3.05, 3.63) is 23.8 Å². The summed E-state index contributed by atoms with van der Waals surface area (Å²) in [5.41, 5.74) is 6.45. The largest absolute Gasteiger partial charge is 0.478 e. The number of nitrogens with one attached hydrogen (secondary N) is 2. The quantitative estimate of drug-likeness (QED) is 0.600. The van der Waals surface area contributed by atoms with Crippen LogP contribution in [-0.2, 0) is 4.79 Å². The number of benzene rings is 1. The lowest BCUT2D eigenvalue weighted by Gasteiger charge is -2.17. The highest BCUT2D eigenvalue weighted by atomic mass is 16.4. The second-order valence-electron chi connectivity index (χ2n) is 4.64. The Bertz CT molecular complexity index is 486. The number of anilines is 2. The number of nitrogen functional groups attached to an aromatic ring is 1. The topological polar surface area (TPSA) is 104 Å². The summed E-state index contributed by atoms with van der Waals surface area (Å²) in [4.78, 5) is 22.5. The minimum Gasteiger partial charge on any atom is -0.478 e. The number of amides is 1. The smallest absolute Gasteiger partial charge is 0.337 e. The molecule has 6 nitrogen and oxygen atoms in total. The fourth-order valence-electron chi connectivity index (χ4n) is 1.57. The van der Waals surface area contributed by atoms with Crippen molar-refractivity contribution in [2.45, 2.75) is 32.9 Å². The molecule has 0 spiro atoms. The van der Waals surface area contributed by atoms with Gasteiger partial charge < -0.3 is 21.5 Å². The van der Waals surface area contributed by atoms with Crippen LogP contribution in [0, 0.1) is 0 Å². The van der Waals surface area contributed by atoms with Gasteiger partial charge in [-0.3, -0.25) is 4.79 Å². The third-order valence-corrected chi connectivity index (χ3v) is 2.49. The van der Waals surface area contributed by atoms with Gasteiger partial charge in [-0.1, -0.05) is 0 Å². The molecule has 6 heteroatoms. The molecule has 0 bridgehead atoms. The van der Waals surface area contributed by atoms with Crippen LogP contribution in [0.3, 0.4) is 0 Å². The molecule has 1 aromatic carbocycles. The molecule has 0 saturated carbocycles. The van der Waals surface area contributed by atoms with E-state index < -0.39 is 12.0 Å². The summed E-state index contributed by atoms with van der Waals surface area (Å²) < 4.78 is 0. The molecule has 19 heavy (non-hydrogen) atoms. The number of carbonyl (C=O) groups excluding carboxylic acids is 1. The summed E-state index contributed by atoms with van der Waals surface area (Å²) in [6.07, 6.45) is 0. The molecule has 0 aliphatic rings. The molecular weight excluding hydrogens is 246 g/mol. The zero-order valence-electron chi connectivity index (χ0n) is 11.2. The molecule has 0 heterocycles. The van der Waals surface area contributed by atoms with E-state index >= 15 is 0 Å². The fraction of sp³-hybridized carbons (Fsp3) is 0.385. The van der Waals surface area contributed by atoms with Gasteiger partial charge in [0, 0.05) is 17.4 Å². The van der Waals surface area contributed by atoms with Gasteiger partial charge in [0.15, 0.2) is 0 Å². The van der Waals surface area contributed by atoms with Gasteiger partial charge in [-0.15, -0.1) is 0 Å². The summed E-state index contributed by atoms with van der Waals surface area (Å²) >= 11 is 0. The highest BCUT2D eigenvalue weighted by Crippen LogP contribution is 2.18. The number of carboxylic acids is 1. The molecule has 0 aliphatic carbocycles. The van der Waals surface area contributed by atoms with Crippen LogP contribution in [0.15, 0.2) is 18.2 Å². The molecule has 0 radical (unpaired) electrons. The maximum atomic E-state index is 11.7. The molecule has 0 fully saturated rings. The molecule has 1 atom stereocenters. The van der Waals surface area contributed by atoms with Crippen LogP contribution >= 0.6 is 0 Å². The minimum absolute atomic E-state index is 0.0461. The molecule has 0 aromatic heterocycles. The maximum absolute atomic E-state index is 11.7. The highest BCUT2D eigenvalue weighted by Gasteiger charge is 2.14. The van der Waals surface area contributed by atoms with Crippen LogP contribution in [0.4, 0.5) is 11.4 Å². The first-order valence-corrected chi connectivity index (χ1v) is 6.01. The van der Waals surface area contributed by atoms with Crippen LogP contribution in [0.1, 0.15) is 31.1 Å². The van der Waals surface area contributed by atoms with E-state index in [-0.39, 0.29) is 23.2 Å². The van der Waals surface area contributed by atoms with E-state index in [1.807, 2.05) is 13.8 Å². The third kappa shape index (κ3) is 4.17. The monoisotopic (exact) mass is 265 g/mol. The van der Waals surface area contributed by atoms with E-state index in [4.69, 9.17) is 10.8 Å². The molecule has 1 amide bonds. The molecule has 104 valence electrons. The first-order valence-electron chi connectivity index (χ1n) is 6.01. The van der Waals surface area contributed by atoms with Gasteiger partial charge in [0.1, 0.15) is 6.04 Å². The van der Waals surface area contributed by atoms with Gasteiger partial charge >= 0.3 is 5.97 Å². The number of nitrogens with two attached hydrogens (primary N) is 1. The van der Waals surface area contributed by atoms with Gasteiger partial charge in [-0.05, 0) is 39.0 Å². The Kier molecular flexibility index (Phi) is 4.74. The number of hydrogen-bond acceptors (Lipinski definition) is 4. The lowest BCUT2D eigenvalue weighted by molar-refractivity contribution is -0.122. The summed E-state index contributed by atoms with van der Waals surface area (Å²) in [6.45, 7) is 5.48. The first kappa shape index (κ1) is 14.8. The van der Waals surface area contributed by atoms with Gasteiger partial charge in [0.2, 0.25) is 5.91 Å². The van der Waals surface area contributed by atoms with Crippen molar-refractivity contribution in [2.75, 3.05) is 11.1 Å². The second-order valence-corrected chi connectivity index (χ2v) is 4.64. The van der Waals surface area contributed by atoms with Crippen molar-refractivity contribution in [3.63, 3.8) is 0 Å². The Morgan fingerprint density at radius 2 is 1.89 bits per heavy atom. The predicted molar refractivity (Wildman–Crippen MR) is 74.2 cm³/mol. The van der Waals surface area contributed by atoms with Crippen molar-refractivity contribution in [2.24, 2.45) is 0 Å². The third-order valence-electron chi connectivity index (χ3n) is 2.49. The molecule has 1 unspecified atom stereocenters. The maximum Gasteiger partial charge on any atom is 0.337 e. The van der Waals surface area contributed by atoms with Crippen LogP contribution in [0.5, 0.6) is 0 Å². The highest BCUT2D eigenvalue weighted by molar-refractivity contribution is 5.94. The Morgan fingerprint density at radius 3 is 2.37 bits per heavy atom. The number of rotatable bonds is 5. The zero-order valence-corrected chi connectivity index (χ0v) is 11.2. The average Bonchev–Trinajstić information content (AvgIpc) is 2.27. The van der Waals surface area contributed by atoms with E-state index in [2.05, 4.69) is 10.6 Å². The number of carbonyl (C=O) groups is 2. The SMILES string of the molecule is CC(C)NC(=O)C(C)Nc1ccc(C(=O)O)c(N)c1. The van der Waals surface area contributed by atoms with E-state index in [0.29, 0.717) is 5.69 Å². The van der Waals surface area contributed by atoms with Crippen molar-refractivity contribution in [3.8, 4) is 0 Å². The Morgan fingerprint density at radius 1 is 1.26 bits per heavy atom. The molecule has 1 rings (SSSR count). The fourth-order valence-corrected chi connectivity index (χ4v) is 1.57. The normalized spacial score (nSPS) is 12.0. The summed E-state index contributed by atoms with van der Waals surface area (Å²) in [5, 5.41) is 14.6. The number of hydrogen-bond donors (Lipinski definition) is 4. The van der Waals surface area contributed by atoms with Crippen molar-refractivity contribution in [1.29, 1.82) is 0 Å². The van der Waals surface area contributed by atoms with Gasteiger partial charge in [0.25, 0.3) is 0 Å². The zero-order chi connectivity index (χ0) is 14.6. The van der Waals surface area contributed by atoms with Crippen LogP contribution in [-0.4, -0.2) is 29.1 Å². The minimum atomic E-state index is -1.07. The number of aromatic carboxylic acids is 1. The lowest BCUT2D eigenvalue weighted by atomic mass is 10.1. The van der Waals surface area contributed by atoms with E-state index in [0.717, 1.165) is 0 Å². The summed E-state index contributed by atoms with van der Waals surface area (Å²) in [5.74, 6) is -1.20. The van der Waals surface area contributed by atoms with E-state index in [1.54, 1.807) is 13.0 Å². The van der Waals surface area contributed by atoms with Crippen LogP contribution < -0.4 is 16.4 Å². The molecule has 1 aromatic rings. The lowest BCUT2D eigenvalue weighted by Crippen LogP contribution is -2.40. The predicted octanol–water partition coefficient (Wildman–Crippen LogP) is 1.29. The Labute approximate surface area is 112 Å². The summed E-state index contributed by atoms with van der Waals surface area (Å²) in [6, 6.07) is 4.13. The standard InChI is InChI=1S/C13H19N3O3/c1-7(2)15-12(17)8(3)16-9-4-5-10(13(18)19)11(14)6-9/h4-8,16H,14H2,1-3H3,(H,15,17)(H,18,19). The molecule has 5 N–H and O–H groups in total. The van der Waals surface area contributed by atoms with Gasteiger partial charge in [-0.25, -0.2) is 4.79 Å². The first-order chi connectivity index (χ1) is 8.81. The Balaban J connectivity index is 2.75. The van der Waals surface area contributed by atoms with E-state index in [1.165, 1.54) is 12.1 Å². The number of carboxylic acid groups (broad SMARTS) is 1. The molecular formula is C13H19N3O3. The van der Waals surface area contributed by atoms with Crippen molar-refractivity contribution < 1.29 is 14.7 Å². The summed E-state index contributed by atoms with van der Waals surface area (Å²) in [7, 11) is 0. The molecule has 0 aliphatic heterocycles. The van der Waals surface area contributed by atoms with Crippen LogP contribution in [0.2, 0.25) is 0 Å². The van der Waals surface area contributed by atoms with Gasteiger partial charge in [0.05, 0.1) is 5.56 Å². The second kappa shape index (κ2) is 6.08. The van der Waals surface area contributed by atoms with Crippen LogP contribution in [0.25, 0.3) is 0 Å². The van der Waals surface area contributed by atoms with E-state index in [9.17, 15) is 9.59 Å². The van der Waals surface area contributed by atoms with Gasteiger partial charge in [-0.2, -0.15) is 0 Å². The molecule has 0 saturated heterocycles. The average molecular weight is 265 g/mol. The Hall–Kier alpha value is -2.24. The van der Waals surface area contributed by atoms with Crippen molar-refractivity contribution in [1.82, 2.24) is 5.32 Å².